The van der Waals surface area contributed by atoms with E-state index in [0.29, 0.717) is 0 Å². The number of rotatable bonds is 0. The number of hydrogen-bond acceptors (Lipinski definition) is 3. The van der Waals surface area contributed by atoms with Crippen LogP contribution in [0.1, 0.15) is 0 Å². The topological polar surface area (TPSA) is 43.6 Å². The minimum Gasteiger partial charge on any atom is -0.147 e. The van der Waals surface area contributed by atoms with Crippen LogP contribution in [0.5, 0.6) is 0 Å². The Balaban J connectivity index is 2.96. The van der Waals surface area contributed by atoms with Crippen LogP contribution in [0.15, 0.2) is 4.73 Å². The van der Waals surface area contributed by atoms with Crippen molar-refractivity contribution >= 4 is 15.9 Å². The third kappa shape index (κ3) is 1.43. The predicted molar refractivity (Wildman–Crippen MR) is 26.8 cm³/mol. The summed E-state index contributed by atoms with van der Waals surface area (Å²) in [6, 6.07) is 0. The maximum Gasteiger partial charge on any atom is 0.522 e. The smallest absolute Gasteiger partial charge is 0.147 e. The molecule has 0 saturated carbocycles. The third-order valence-corrected chi connectivity index (χ3v) is 0.933. The van der Waals surface area contributed by atoms with Crippen LogP contribution >= 0.6 is 15.9 Å². The van der Waals surface area contributed by atoms with E-state index in [1.165, 1.54) is 0 Å². The highest BCUT2D eigenvalue weighted by Gasteiger charge is 2.34. The van der Waals surface area contributed by atoms with E-state index in [9.17, 15) is 13.2 Å². The summed E-state index contributed by atoms with van der Waals surface area (Å²) in [6.45, 7) is 0. The van der Waals surface area contributed by atoms with Gasteiger partial charge >= 0.3 is 6.30 Å². The minimum absolute atomic E-state index is 0.190. The Kier molecular flexibility index (Phi) is 1.63. The average molecular weight is 217 g/mol. The zero-order valence-corrected chi connectivity index (χ0v) is 5.89. The molecule has 0 spiro atoms. The monoisotopic (exact) mass is 216 g/mol. The summed E-state index contributed by atoms with van der Waals surface area (Å²) < 4.78 is 34.5. The van der Waals surface area contributed by atoms with E-state index in [0.717, 1.165) is 0 Å². The molecule has 1 rings (SSSR count). The summed E-state index contributed by atoms with van der Waals surface area (Å²) in [4.78, 5) is -0.433. The molecule has 0 unspecified atom stereocenters. The van der Waals surface area contributed by atoms with Crippen LogP contribution in [0.25, 0.3) is 0 Å². The van der Waals surface area contributed by atoms with E-state index >= 15 is 0 Å². The Labute approximate surface area is 61.1 Å². The van der Waals surface area contributed by atoms with Crippen LogP contribution in [0.2, 0.25) is 0 Å². The molecule has 0 amide bonds. The Morgan fingerprint density at radius 3 is 2.20 bits per heavy atom. The summed E-state index contributed by atoms with van der Waals surface area (Å²) in [6.07, 6.45) is -4.58. The molecule has 1 heterocycles. The molecule has 0 aliphatic heterocycles. The minimum atomic E-state index is -4.58. The molecule has 10 heavy (non-hydrogen) atoms. The lowest BCUT2D eigenvalue weighted by Gasteiger charge is -1.99. The van der Waals surface area contributed by atoms with Crippen molar-refractivity contribution < 1.29 is 13.2 Å². The summed E-state index contributed by atoms with van der Waals surface area (Å²) in [5, 5.41) is 8.52. The number of halogens is 4. The number of nitrogens with zero attached hydrogens (tertiary/aromatic N) is 4. The van der Waals surface area contributed by atoms with Gasteiger partial charge in [-0.05, 0) is 21.1 Å². The van der Waals surface area contributed by atoms with Gasteiger partial charge in [-0.2, -0.15) is 0 Å². The molecule has 0 atom stereocenters. The van der Waals surface area contributed by atoms with Crippen LogP contribution in [0.4, 0.5) is 13.2 Å². The average Bonchev–Trinajstić information content (AvgIpc) is 2.11. The zero-order valence-electron chi connectivity index (χ0n) is 4.30. The lowest BCUT2D eigenvalue weighted by atomic mass is 11.2. The van der Waals surface area contributed by atoms with E-state index < -0.39 is 11.1 Å². The zero-order chi connectivity index (χ0) is 7.78. The lowest BCUT2D eigenvalue weighted by Crippen LogP contribution is -2.19. The van der Waals surface area contributed by atoms with Crippen molar-refractivity contribution in [3.05, 3.63) is 4.73 Å². The highest BCUT2D eigenvalue weighted by atomic mass is 79.9. The van der Waals surface area contributed by atoms with Crippen molar-refractivity contribution in [2.24, 2.45) is 0 Å². The van der Waals surface area contributed by atoms with Crippen LogP contribution in [-0.2, 0) is 6.30 Å². The molecule has 0 aliphatic carbocycles. The molecule has 0 bridgehead atoms. The molecule has 0 saturated heterocycles. The van der Waals surface area contributed by atoms with Gasteiger partial charge in [0.1, 0.15) is 0 Å². The van der Waals surface area contributed by atoms with E-state index in [2.05, 4.69) is 31.3 Å². The van der Waals surface area contributed by atoms with E-state index in [4.69, 9.17) is 0 Å². The summed E-state index contributed by atoms with van der Waals surface area (Å²) in [5.74, 6) is 0. The van der Waals surface area contributed by atoms with Gasteiger partial charge < -0.3 is 0 Å². The highest BCUT2D eigenvalue weighted by molar-refractivity contribution is 9.10. The van der Waals surface area contributed by atoms with Gasteiger partial charge in [0.05, 0.1) is 0 Å². The van der Waals surface area contributed by atoms with Crippen LogP contribution in [0.3, 0.4) is 0 Å². The maximum absolute atomic E-state index is 11.6. The molecule has 1 aromatic heterocycles. The van der Waals surface area contributed by atoms with E-state index in [-0.39, 0.29) is 4.73 Å². The summed E-state index contributed by atoms with van der Waals surface area (Å²) in [5.41, 5.74) is 0. The summed E-state index contributed by atoms with van der Waals surface area (Å²) >= 11 is 2.62. The largest absolute Gasteiger partial charge is 0.522 e. The van der Waals surface area contributed by atoms with E-state index in [1.807, 2.05) is 0 Å². The van der Waals surface area contributed by atoms with Crippen LogP contribution in [-0.4, -0.2) is 20.2 Å². The molecular weight excluding hydrogens is 217 g/mol. The van der Waals surface area contributed by atoms with Gasteiger partial charge in [0, 0.05) is 0 Å². The lowest BCUT2D eigenvalue weighted by molar-refractivity contribution is -0.222. The second kappa shape index (κ2) is 2.19. The SMILES string of the molecule is FC(F)(F)n1nnc(Br)n1. The molecule has 0 radical (unpaired) electrons. The van der Waals surface area contributed by atoms with Gasteiger partial charge in [-0.1, -0.05) is 4.80 Å². The normalized spacial score (nSPS) is 12.0. The fraction of sp³-hybridized carbons (Fsp3) is 0.500. The van der Waals surface area contributed by atoms with Crippen molar-refractivity contribution in [1.82, 2.24) is 20.2 Å². The number of tetrazole rings is 1. The molecule has 56 valence electrons. The van der Waals surface area contributed by atoms with Gasteiger partial charge in [-0.25, -0.2) is 0 Å². The second-order valence-electron chi connectivity index (χ2n) is 1.32. The van der Waals surface area contributed by atoms with Crippen molar-refractivity contribution in [2.75, 3.05) is 0 Å². The van der Waals surface area contributed by atoms with Gasteiger partial charge in [0.2, 0.25) is 4.73 Å². The Morgan fingerprint density at radius 1 is 1.40 bits per heavy atom. The fourth-order valence-electron chi connectivity index (χ4n) is 0.305. The number of hydrogen-bond donors (Lipinski definition) is 0. The molecule has 0 aromatic carbocycles. The first kappa shape index (κ1) is 7.45. The van der Waals surface area contributed by atoms with Gasteiger partial charge in [-0.15, -0.1) is 23.4 Å². The summed E-state index contributed by atoms with van der Waals surface area (Å²) in [7, 11) is 0. The van der Waals surface area contributed by atoms with Crippen molar-refractivity contribution in [3.8, 4) is 0 Å². The number of aromatic nitrogens is 4. The van der Waals surface area contributed by atoms with Crippen molar-refractivity contribution in [2.45, 2.75) is 6.30 Å². The van der Waals surface area contributed by atoms with Crippen molar-refractivity contribution in [1.29, 1.82) is 0 Å². The number of alkyl halides is 3. The third-order valence-electron chi connectivity index (χ3n) is 0.616. The quantitative estimate of drug-likeness (QED) is 0.648. The molecule has 4 nitrogen and oxygen atoms in total. The standard InChI is InChI=1S/C2BrF3N4/c3-1-7-9-10(8-1)2(4,5)6. The first-order chi connectivity index (χ1) is 4.50. The molecular formula is C2BrF3N4. The molecule has 0 aliphatic rings. The van der Waals surface area contributed by atoms with Gasteiger partial charge in [0.25, 0.3) is 0 Å². The molecule has 0 N–H and O–H groups in total. The van der Waals surface area contributed by atoms with Crippen LogP contribution < -0.4 is 0 Å². The molecule has 1 aromatic rings. The first-order valence-electron chi connectivity index (χ1n) is 2.03. The van der Waals surface area contributed by atoms with Crippen LogP contribution in [0, 0.1) is 0 Å². The molecule has 8 heteroatoms. The maximum atomic E-state index is 11.6. The van der Waals surface area contributed by atoms with Gasteiger partial charge in [0.15, 0.2) is 0 Å². The van der Waals surface area contributed by atoms with Gasteiger partial charge in [-0.3, -0.25) is 0 Å². The predicted octanol–water partition coefficient (Wildman–Crippen LogP) is 0.912. The fourth-order valence-corrected chi connectivity index (χ4v) is 0.526. The Bertz CT molecular complexity index is 229. The van der Waals surface area contributed by atoms with Crippen molar-refractivity contribution in [3.63, 3.8) is 0 Å². The second-order valence-corrected chi connectivity index (χ2v) is 2.03. The Hall–Kier alpha value is -0.660. The highest BCUT2D eigenvalue weighted by Crippen LogP contribution is 2.19. The molecule has 0 fully saturated rings. The first-order valence-corrected chi connectivity index (χ1v) is 2.82. The van der Waals surface area contributed by atoms with E-state index in [1.54, 1.807) is 0 Å². The Morgan fingerprint density at radius 2 is 2.00 bits per heavy atom.